The average Bonchev–Trinajstić information content (AvgIpc) is 3.60. The number of imidazole rings is 1. The smallest absolute Gasteiger partial charge is 0.167 e. The van der Waals surface area contributed by atoms with Crippen LogP contribution in [-0.2, 0) is 9.53 Å². The standard InChI is InChI=1S/C28H33N5O6/c1-28-5-4-13-14-7-19(35)20(36)8-16(14)18(6-15(13)17(28)2-3-23(28)38)32-26-25-27(30-11-29-26)33(12-31-25)24-9-21(37)22(10-34)39-24/h7-8,11-13,15,17-18,21-22,24,34-37H,2-6,9-10H2,1H3,(H,29,30,32)/t13?,15?,17?,18?,21-,22+,24+,28-/m0/s1. The highest BCUT2D eigenvalue weighted by Gasteiger charge is 2.55. The number of aliphatic hydroxyl groups is 2. The summed E-state index contributed by atoms with van der Waals surface area (Å²) in [4.78, 5) is 26.4. The summed E-state index contributed by atoms with van der Waals surface area (Å²) in [6.07, 6.45) is 5.39. The number of aromatic hydroxyl groups is 2. The molecule has 1 aromatic carbocycles. The SMILES string of the molecule is C[C@]12CCC3c4cc(O)c(O)cc4C(Nc4ncnc5c4ncn5[C@H]4C[C@H](O)[C@@H](CO)O4)CC3C1CCC2=O. The van der Waals surface area contributed by atoms with E-state index in [1.807, 2.05) is 0 Å². The van der Waals surface area contributed by atoms with Gasteiger partial charge in [0.15, 0.2) is 28.5 Å². The Balaban J connectivity index is 1.26. The molecule has 0 bridgehead atoms. The molecule has 206 valence electrons. The van der Waals surface area contributed by atoms with Crippen molar-refractivity contribution in [1.29, 1.82) is 0 Å². The van der Waals surface area contributed by atoms with Crippen LogP contribution in [0.4, 0.5) is 5.82 Å². The van der Waals surface area contributed by atoms with Crippen molar-refractivity contribution in [3.8, 4) is 11.5 Å². The molecule has 8 atom stereocenters. The van der Waals surface area contributed by atoms with Gasteiger partial charge in [-0.3, -0.25) is 9.36 Å². The third-order valence-electron chi connectivity index (χ3n) is 9.97. The Morgan fingerprint density at radius 1 is 1.13 bits per heavy atom. The van der Waals surface area contributed by atoms with Crippen molar-refractivity contribution < 1.29 is 30.0 Å². The molecule has 0 radical (unpaired) electrons. The minimum Gasteiger partial charge on any atom is -0.504 e. The number of benzene rings is 1. The number of phenols is 2. The van der Waals surface area contributed by atoms with Crippen LogP contribution in [0.2, 0.25) is 0 Å². The van der Waals surface area contributed by atoms with E-state index in [-0.39, 0.29) is 47.3 Å². The van der Waals surface area contributed by atoms with Crippen molar-refractivity contribution in [2.24, 2.45) is 17.3 Å². The van der Waals surface area contributed by atoms with E-state index in [2.05, 4.69) is 27.2 Å². The van der Waals surface area contributed by atoms with E-state index in [1.54, 1.807) is 23.0 Å². The maximum absolute atomic E-state index is 12.9. The first-order chi connectivity index (χ1) is 18.8. The van der Waals surface area contributed by atoms with E-state index in [0.29, 0.717) is 35.6 Å². The van der Waals surface area contributed by atoms with Gasteiger partial charge in [-0.2, -0.15) is 0 Å². The lowest BCUT2D eigenvalue weighted by atomic mass is 9.55. The van der Waals surface area contributed by atoms with E-state index in [4.69, 9.17) is 4.74 Å². The van der Waals surface area contributed by atoms with Crippen molar-refractivity contribution in [1.82, 2.24) is 19.5 Å². The first kappa shape index (κ1) is 24.7. The van der Waals surface area contributed by atoms with Gasteiger partial charge in [0.2, 0.25) is 0 Å². The quantitative estimate of drug-likeness (QED) is 0.314. The Kier molecular flexibility index (Phi) is 5.63. The monoisotopic (exact) mass is 535 g/mol. The lowest BCUT2D eigenvalue weighted by Crippen LogP contribution is -2.43. The van der Waals surface area contributed by atoms with Crippen molar-refractivity contribution >= 4 is 22.8 Å². The molecule has 1 saturated heterocycles. The molecule has 5 N–H and O–H groups in total. The topological polar surface area (TPSA) is 163 Å². The predicted molar refractivity (Wildman–Crippen MR) is 139 cm³/mol. The Labute approximate surface area is 224 Å². The van der Waals surface area contributed by atoms with Crippen LogP contribution in [0.25, 0.3) is 11.2 Å². The maximum Gasteiger partial charge on any atom is 0.167 e. The number of Topliss-reactive ketones (excluding diaryl/α,β-unsaturated/α-hetero) is 1. The van der Waals surface area contributed by atoms with Gasteiger partial charge in [-0.05, 0) is 66.7 Å². The summed E-state index contributed by atoms with van der Waals surface area (Å²) in [5.74, 6) is 1.33. The molecule has 2 saturated carbocycles. The summed E-state index contributed by atoms with van der Waals surface area (Å²) in [5, 5.41) is 44.1. The molecular weight excluding hydrogens is 502 g/mol. The summed E-state index contributed by atoms with van der Waals surface area (Å²) in [6, 6.07) is 3.11. The number of rotatable bonds is 4. The minimum atomic E-state index is -0.781. The van der Waals surface area contributed by atoms with Crippen LogP contribution in [0.3, 0.4) is 0 Å². The van der Waals surface area contributed by atoms with Crippen molar-refractivity contribution in [3.05, 3.63) is 35.9 Å². The molecule has 3 aromatic rings. The van der Waals surface area contributed by atoms with Gasteiger partial charge in [0.25, 0.3) is 0 Å². The van der Waals surface area contributed by atoms with Gasteiger partial charge in [-0.15, -0.1) is 0 Å². The van der Waals surface area contributed by atoms with Crippen LogP contribution in [0, 0.1) is 17.3 Å². The van der Waals surface area contributed by atoms with Crippen LogP contribution < -0.4 is 5.32 Å². The molecule has 11 heteroatoms. The highest BCUT2D eigenvalue weighted by molar-refractivity contribution is 5.87. The number of fused-ring (bicyclic) bond motifs is 6. The van der Waals surface area contributed by atoms with E-state index < -0.39 is 18.4 Å². The fraction of sp³-hybridized carbons (Fsp3) is 0.571. The van der Waals surface area contributed by atoms with Gasteiger partial charge in [0.05, 0.1) is 25.1 Å². The number of carbonyl (C=O) groups excluding carboxylic acids is 1. The fourth-order valence-corrected chi connectivity index (χ4v) is 7.92. The zero-order chi connectivity index (χ0) is 27.1. The maximum atomic E-state index is 12.9. The second kappa shape index (κ2) is 8.87. The van der Waals surface area contributed by atoms with Crippen LogP contribution in [-0.4, -0.2) is 64.5 Å². The molecule has 0 spiro atoms. The summed E-state index contributed by atoms with van der Waals surface area (Å²) in [5.41, 5.74) is 2.71. The molecule has 3 aliphatic carbocycles. The largest absolute Gasteiger partial charge is 0.504 e. The van der Waals surface area contributed by atoms with Crippen LogP contribution in [0.5, 0.6) is 11.5 Å². The Morgan fingerprint density at radius 2 is 1.92 bits per heavy atom. The van der Waals surface area contributed by atoms with E-state index in [0.717, 1.165) is 36.8 Å². The number of nitrogens with one attached hydrogen (secondary N) is 1. The Hall–Kier alpha value is -3.28. The lowest BCUT2D eigenvalue weighted by Gasteiger charge is -2.50. The van der Waals surface area contributed by atoms with E-state index in [1.165, 1.54) is 6.33 Å². The van der Waals surface area contributed by atoms with Crippen molar-refractivity contribution in [3.63, 3.8) is 0 Å². The summed E-state index contributed by atoms with van der Waals surface area (Å²) in [6.45, 7) is 1.85. The molecule has 3 fully saturated rings. The van der Waals surface area contributed by atoms with E-state index >= 15 is 0 Å². The Morgan fingerprint density at radius 3 is 2.69 bits per heavy atom. The second-order valence-corrected chi connectivity index (χ2v) is 11.9. The zero-order valence-electron chi connectivity index (χ0n) is 21.7. The second-order valence-electron chi connectivity index (χ2n) is 11.9. The minimum absolute atomic E-state index is 0.132. The molecule has 39 heavy (non-hydrogen) atoms. The Bertz CT molecular complexity index is 1460. The molecule has 0 amide bonds. The molecule has 7 rings (SSSR count). The third-order valence-corrected chi connectivity index (χ3v) is 9.97. The first-order valence-corrected chi connectivity index (χ1v) is 13.8. The zero-order valence-corrected chi connectivity index (χ0v) is 21.7. The molecular formula is C28H33N5O6. The first-order valence-electron chi connectivity index (χ1n) is 13.8. The number of ether oxygens (including phenoxy) is 1. The van der Waals surface area contributed by atoms with Crippen LogP contribution in [0.1, 0.15) is 74.8 Å². The number of hydrogen-bond acceptors (Lipinski definition) is 10. The highest BCUT2D eigenvalue weighted by atomic mass is 16.5. The van der Waals surface area contributed by atoms with Gasteiger partial charge in [-0.25, -0.2) is 15.0 Å². The molecule has 3 heterocycles. The molecule has 4 aliphatic rings. The van der Waals surface area contributed by atoms with Crippen molar-refractivity contribution in [2.75, 3.05) is 11.9 Å². The number of aliphatic hydroxyl groups excluding tert-OH is 2. The number of phenolic OH excluding ortho intramolecular Hbond substituents is 2. The summed E-state index contributed by atoms with van der Waals surface area (Å²) in [7, 11) is 0. The number of carbonyl (C=O) groups is 1. The fourth-order valence-electron chi connectivity index (χ4n) is 7.92. The number of ketones is 1. The predicted octanol–water partition coefficient (Wildman–Crippen LogP) is 2.91. The third kappa shape index (κ3) is 3.66. The number of anilines is 1. The normalized spacial score (nSPS) is 35.6. The number of aromatic nitrogens is 4. The van der Waals surface area contributed by atoms with E-state index in [9.17, 15) is 25.2 Å². The van der Waals surface area contributed by atoms with Crippen LogP contribution in [0.15, 0.2) is 24.8 Å². The van der Waals surface area contributed by atoms with Gasteiger partial charge >= 0.3 is 0 Å². The van der Waals surface area contributed by atoms with Crippen molar-refractivity contribution in [2.45, 2.75) is 75.8 Å². The summed E-state index contributed by atoms with van der Waals surface area (Å²) >= 11 is 0. The molecule has 1 aliphatic heterocycles. The number of nitrogens with zero attached hydrogens (tertiary/aromatic N) is 4. The average molecular weight is 536 g/mol. The van der Waals surface area contributed by atoms with Gasteiger partial charge < -0.3 is 30.5 Å². The van der Waals surface area contributed by atoms with Gasteiger partial charge in [0, 0.05) is 18.3 Å². The molecule has 11 nitrogen and oxygen atoms in total. The molecule has 2 aromatic heterocycles. The molecule has 4 unspecified atom stereocenters. The highest BCUT2D eigenvalue weighted by Crippen LogP contribution is 2.61. The summed E-state index contributed by atoms with van der Waals surface area (Å²) < 4.78 is 7.56. The van der Waals surface area contributed by atoms with Gasteiger partial charge in [0.1, 0.15) is 24.4 Å². The lowest BCUT2D eigenvalue weighted by molar-refractivity contribution is -0.129. The number of hydrogen-bond donors (Lipinski definition) is 5. The van der Waals surface area contributed by atoms with Crippen LogP contribution >= 0.6 is 0 Å². The van der Waals surface area contributed by atoms with Gasteiger partial charge in [-0.1, -0.05) is 6.92 Å².